The molecule has 0 aromatic carbocycles. The van der Waals surface area contributed by atoms with Crippen LogP contribution in [0, 0.1) is 0 Å². The summed E-state index contributed by atoms with van der Waals surface area (Å²) in [6.07, 6.45) is 13.5. The maximum Gasteiger partial charge on any atom is 0.498 e. The summed E-state index contributed by atoms with van der Waals surface area (Å²) < 4.78 is 27.1. The molecule has 0 saturated carbocycles. The molecule has 0 spiro atoms. The standard InChI is InChI=1S/C15H13ClN4O.C13H21BN2O3.C9H15BN2O2/c1-10(21)4-5-20-9-12(8-18-20)11-6-14-13(17-7-11)2-3-15(16)19-14;1-10(17)6-7-16-9-11(8-15-16)14-18-12(2,3)13(4,5)19-14;1-8(2)9(3,4)14-10(13-8)7-5-11-12-6-7/h2-3,6-9H,4-5H2,1H3;8-9H,6-7H2,1-5H3;5-6H,1-4H3,(H,11,12). The molecule has 0 aliphatic carbocycles. The van der Waals surface area contributed by atoms with Crippen LogP contribution in [0.4, 0.5) is 0 Å². The van der Waals surface area contributed by atoms with E-state index < -0.39 is 7.12 Å². The van der Waals surface area contributed by atoms with Gasteiger partial charge in [0.1, 0.15) is 16.7 Å². The van der Waals surface area contributed by atoms with Crippen molar-refractivity contribution in [3.63, 3.8) is 0 Å². The third-order valence-corrected chi connectivity index (χ3v) is 10.3. The van der Waals surface area contributed by atoms with Gasteiger partial charge in [0.2, 0.25) is 0 Å². The Balaban J connectivity index is 0.000000159. The molecule has 14 nitrogen and oxygen atoms in total. The molecule has 54 heavy (non-hydrogen) atoms. The number of H-pyrrole nitrogens is 1. The zero-order valence-corrected chi connectivity index (χ0v) is 33.5. The Hall–Kier alpha value is -4.21. The molecule has 7 heterocycles. The van der Waals surface area contributed by atoms with E-state index in [1.54, 1.807) is 60.3 Å². The molecule has 2 saturated heterocycles. The summed E-state index contributed by atoms with van der Waals surface area (Å²) in [4.78, 5) is 30.6. The number of aromatic amines is 1. The van der Waals surface area contributed by atoms with E-state index in [2.05, 4.69) is 30.4 Å². The van der Waals surface area contributed by atoms with Crippen LogP contribution in [0.1, 0.15) is 82.1 Å². The number of rotatable bonds is 9. The van der Waals surface area contributed by atoms with Crippen molar-refractivity contribution in [1.82, 2.24) is 39.7 Å². The summed E-state index contributed by atoms with van der Waals surface area (Å²) >= 11 is 5.90. The molecule has 0 unspecified atom stereocenters. The van der Waals surface area contributed by atoms with Gasteiger partial charge < -0.3 is 18.6 Å². The number of nitrogens with one attached hydrogen (secondary N) is 1. The van der Waals surface area contributed by atoms with Crippen LogP contribution in [0.15, 0.2) is 61.6 Å². The lowest BCUT2D eigenvalue weighted by molar-refractivity contribution is -0.118. The zero-order valence-electron chi connectivity index (χ0n) is 32.7. The minimum Gasteiger partial charge on any atom is -0.399 e. The largest absolute Gasteiger partial charge is 0.498 e. The van der Waals surface area contributed by atoms with Crippen molar-refractivity contribution in [2.24, 2.45) is 0 Å². The van der Waals surface area contributed by atoms with Crippen molar-refractivity contribution < 1.29 is 28.2 Å². The minimum atomic E-state index is -0.393. The Morgan fingerprint density at radius 2 is 1.24 bits per heavy atom. The van der Waals surface area contributed by atoms with Crippen molar-refractivity contribution in [3.05, 3.63) is 66.7 Å². The van der Waals surface area contributed by atoms with Crippen LogP contribution >= 0.6 is 11.6 Å². The quantitative estimate of drug-likeness (QED) is 0.159. The van der Waals surface area contributed by atoms with Gasteiger partial charge in [0, 0.05) is 85.2 Å². The van der Waals surface area contributed by atoms with Crippen molar-refractivity contribution in [2.45, 2.75) is 118 Å². The molecule has 1 N–H and O–H groups in total. The maximum atomic E-state index is 11.0. The van der Waals surface area contributed by atoms with Gasteiger partial charge in [0.15, 0.2) is 0 Å². The van der Waals surface area contributed by atoms with E-state index in [9.17, 15) is 9.59 Å². The number of halogens is 1. The van der Waals surface area contributed by atoms with Gasteiger partial charge >= 0.3 is 14.2 Å². The molecular weight excluding hydrogens is 710 g/mol. The molecule has 5 aromatic heterocycles. The predicted octanol–water partition coefficient (Wildman–Crippen LogP) is 5.00. The number of hydrogen-bond acceptors (Lipinski definition) is 11. The van der Waals surface area contributed by atoms with E-state index >= 15 is 0 Å². The summed E-state index contributed by atoms with van der Waals surface area (Å²) in [7, 11) is -0.699. The lowest BCUT2D eigenvalue weighted by Crippen LogP contribution is -2.41. The zero-order chi connectivity index (χ0) is 39.5. The Morgan fingerprint density at radius 1 is 0.704 bits per heavy atom. The van der Waals surface area contributed by atoms with E-state index in [0.29, 0.717) is 31.1 Å². The highest BCUT2D eigenvalue weighted by atomic mass is 35.5. The van der Waals surface area contributed by atoms with Gasteiger partial charge in [-0.3, -0.25) is 29.0 Å². The molecule has 2 aliphatic rings. The third kappa shape index (κ3) is 9.90. The number of carbonyl (C=O) groups excluding carboxylic acids is 2. The third-order valence-electron chi connectivity index (χ3n) is 10.1. The van der Waals surface area contributed by atoms with Crippen LogP contribution in [0.2, 0.25) is 5.15 Å². The van der Waals surface area contributed by atoms with Gasteiger partial charge in [-0.15, -0.1) is 0 Å². The number of aryl methyl sites for hydroxylation is 2. The van der Waals surface area contributed by atoms with Crippen molar-refractivity contribution in [1.29, 1.82) is 0 Å². The molecule has 0 radical (unpaired) electrons. The van der Waals surface area contributed by atoms with Crippen LogP contribution in [0.5, 0.6) is 0 Å². The first-order valence-electron chi connectivity index (χ1n) is 17.9. The monoisotopic (exact) mass is 758 g/mol. The Kier molecular flexibility index (Phi) is 12.3. The van der Waals surface area contributed by atoms with Crippen LogP contribution in [-0.2, 0) is 41.3 Å². The Morgan fingerprint density at radius 3 is 1.78 bits per heavy atom. The average Bonchev–Trinajstić information content (AvgIpc) is 3.92. The summed E-state index contributed by atoms with van der Waals surface area (Å²) in [5, 5.41) is 15.6. The molecule has 286 valence electrons. The predicted molar refractivity (Wildman–Crippen MR) is 209 cm³/mol. The Labute approximate surface area is 321 Å². The second kappa shape index (κ2) is 16.3. The number of ketones is 2. The first-order chi connectivity index (χ1) is 25.2. The van der Waals surface area contributed by atoms with Crippen molar-refractivity contribution >= 4 is 59.4 Å². The number of fused-ring (bicyclic) bond motifs is 1. The lowest BCUT2D eigenvalue weighted by Gasteiger charge is -2.32. The molecule has 17 heteroatoms. The maximum absolute atomic E-state index is 11.0. The van der Waals surface area contributed by atoms with E-state index in [4.69, 9.17) is 30.2 Å². The number of carbonyl (C=O) groups is 2. The molecule has 5 aromatic rings. The number of hydrogen-bond donors (Lipinski definition) is 1. The fourth-order valence-electron chi connectivity index (χ4n) is 5.29. The SMILES string of the molecule is CC(=O)CCn1cc(-c2cnc3ccc(Cl)nc3c2)cn1.CC(=O)CCn1cc(B2OC(C)(C)C(C)(C)O2)cn1.CC1(C)OB(c2cn[nH]c2)OC1(C)C. The highest BCUT2D eigenvalue weighted by Gasteiger charge is 2.53. The molecule has 0 bridgehead atoms. The number of pyridine rings is 2. The lowest BCUT2D eigenvalue weighted by atomic mass is 9.82. The number of Topliss-reactive ketones (excluding diaryl/α,β-unsaturated/α-hetero) is 2. The van der Waals surface area contributed by atoms with Crippen LogP contribution in [-0.4, -0.2) is 87.9 Å². The normalized spacial score (nSPS) is 17.8. The highest BCUT2D eigenvalue weighted by molar-refractivity contribution is 6.62. The highest BCUT2D eigenvalue weighted by Crippen LogP contribution is 2.37. The summed E-state index contributed by atoms with van der Waals surface area (Å²) in [6.45, 7) is 20.6. The molecule has 0 amide bonds. The number of aromatic nitrogens is 8. The summed E-state index contributed by atoms with van der Waals surface area (Å²) in [5.41, 5.74) is 3.97. The van der Waals surface area contributed by atoms with E-state index in [-0.39, 0.29) is 41.1 Å². The fraction of sp³-hybridized carbons (Fsp3) is 0.486. The molecule has 2 aliphatic heterocycles. The second-order valence-electron chi connectivity index (χ2n) is 15.5. The molecular formula is C37H49B2ClN8O6. The van der Waals surface area contributed by atoms with Gasteiger partial charge in [-0.1, -0.05) is 11.6 Å². The van der Waals surface area contributed by atoms with Crippen molar-refractivity contribution in [2.75, 3.05) is 0 Å². The minimum absolute atomic E-state index is 0.151. The van der Waals surface area contributed by atoms with E-state index in [1.807, 2.05) is 79.9 Å². The smallest absolute Gasteiger partial charge is 0.399 e. The summed E-state index contributed by atoms with van der Waals surface area (Å²) in [6, 6.07) is 5.49. The topological polar surface area (TPSA) is 161 Å². The first kappa shape index (κ1) is 41.0. The van der Waals surface area contributed by atoms with Crippen LogP contribution in [0.25, 0.3) is 22.2 Å². The average molecular weight is 759 g/mol. The van der Waals surface area contributed by atoms with Gasteiger partial charge in [-0.05, 0) is 87.4 Å². The van der Waals surface area contributed by atoms with E-state index in [0.717, 1.165) is 33.1 Å². The second-order valence-corrected chi connectivity index (χ2v) is 15.9. The molecule has 7 rings (SSSR count). The van der Waals surface area contributed by atoms with E-state index in [1.165, 1.54) is 0 Å². The molecule has 0 atom stereocenters. The van der Waals surface area contributed by atoms with Gasteiger partial charge in [-0.25, -0.2) is 4.98 Å². The van der Waals surface area contributed by atoms with Crippen LogP contribution < -0.4 is 10.9 Å². The Bertz CT molecular complexity index is 2030. The molecule has 2 fully saturated rings. The fourth-order valence-corrected chi connectivity index (χ4v) is 5.44. The van der Waals surface area contributed by atoms with Gasteiger partial charge in [0.25, 0.3) is 0 Å². The summed E-state index contributed by atoms with van der Waals surface area (Å²) in [5.74, 6) is 0.311. The van der Waals surface area contributed by atoms with Gasteiger partial charge in [-0.2, -0.15) is 15.3 Å². The first-order valence-corrected chi connectivity index (χ1v) is 18.3. The van der Waals surface area contributed by atoms with Crippen molar-refractivity contribution in [3.8, 4) is 11.1 Å². The number of nitrogens with zero attached hydrogens (tertiary/aromatic N) is 7. The van der Waals surface area contributed by atoms with Gasteiger partial charge in [0.05, 0.1) is 39.6 Å². The van der Waals surface area contributed by atoms with Crippen LogP contribution in [0.3, 0.4) is 0 Å².